The Balaban J connectivity index is 2.95. The number of hydrogen-bond acceptors (Lipinski definition) is 4. The van der Waals surface area contributed by atoms with Crippen molar-refractivity contribution in [1.82, 2.24) is 9.97 Å². The van der Waals surface area contributed by atoms with E-state index in [0.717, 1.165) is 12.1 Å². The third-order valence-electron chi connectivity index (χ3n) is 2.10. The van der Waals surface area contributed by atoms with Crippen LogP contribution in [0.25, 0.3) is 0 Å². The predicted octanol–water partition coefficient (Wildman–Crippen LogP) is 1.39. The topological polar surface area (TPSA) is 66.3 Å². The zero-order valence-corrected chi connectivity index (χ0v) is 9.90. The molecular formula is C11H17N3O2. The molecule has 5 nitrogen and oxygen atoms in total. The number of aromatic nitrogens is 2. The fourth-order valence-corrected chi connectivity index (χ4v) is 1.57. The summed E-state index contributed by atoms with van der Waals surface area (Å²) in [6.07, 6.45) is 0.884. The van der Waals surface area contributed by atoms with Gasteiger partial charge in [0.15, 0.2) is 0 Å². The second-order valence-electron chi connectivity index (χ2n) is 3.73. The first kappa shape index (κ1) is 12.4. The van der Waals surface area contributed by atoms with E-state index in [1.807, 2.05) is 19.9 Å². The van der Waals surface area contributed by atoms with Crippen molar-refractivity contribution >= 4 is 11.8 Å². The van der Waals surface area contributed by atoms with E-state index in [4.69, 9.17) is 5.11 Å². The molecule has 1 heterocycles. The van der Waals surface area contributed by atoms with Gasteiger partial charge in [0, 0.05) is 18.3 Å². The Morgan fingerprint density at radius 1 is 1.44 bits per heavy atom. The van der Waals surface area contributed by atoms with Crippen LogP contribution in [0.1, 0.15) is 24.9 Å². The van der Waals surface area contributed by atoms with Gasteiger partial charge in [-0.3, -0.25) is 4.79 Å². The molecule has 0 unspecified atom stereocenters. The Labute approximate surface area is 95.1 Å². The molecule has 1 aromatic rings. The SMILES string of the molecule is CCCN(CC(=O)O)c1cc(C)nc(C)n1. The number of hydrogen-bond donors (Lipinski definition) is 1. The molecule has 5 heteroatoms. The normalized spacial score (nSPS) is 10.2. The molecule has 1 aromatic heterocycles. The number of carboxylic acids is 1. The van der Waals surface area contributed by atoms with Crippen molar-refractivity contribution in [3.05, 3.63) is 17.6 Å². The molecule has 0 bridgehead atoms. The average Bonchev–Trinajstić information content (AvgIpc) is 2.14. The van der Waals surface area contributed by atoms with E-state index < -0.39 is 5.97 Å². The molecule has 0 aliphatic carbocycles. The molecule has 0 saturated carbocycles. The highest BCUT2D eigenvalue weighted by atomic mass is 16.4. The zero-order valence-electron chi connectivity index (χ0n) is 9.90. The van der Waals surface area contributed by atoms with Crippen LogP contribution < -0.4 is 4.90 Å². The maximum Gasteiger partial charge on any atom is 0.323 e. The quantitative estimate of drug-likeness (QED) is 0.817. The fraction of sp³-hybridized carbons (Fsp3) is 0.545. The Bertz CT molecular complexity index is 359. The Morgan fingerprint density at radius 2 is 2.12 bits per heavy atom. The van der Waals surface area contributed by atoms with Gasteiger partial charge < -0.3 is 10.0 Å². The smallest absolute Gasteiger partial charge is 0.323 e. The van der Waals surface area contributed by atoms with Crippen molar-refractivity contribution in [2.75, 3.05) is 18.0 Å². The van der Waals surface area contributed by atoms with Crippen LogP contribution in [0.2, 0.25) is 0 Å². The monoisotopic (exact) mass is 223 g/mol. The number of aliphatic carboxylic acids is 1. The van der Waals surface area contributed by atoms with Crippen molar-refractivity contribution in [2.45, 2.75) is 27.2 Å². The summed E-state index contributed by atoms with van der Waals surface area (Å²) in [5.41, 5.74) is 0.856. The first-order chi connectivity index (χ1) is 7.52. The first-order valence-corrected chi connectivity index (χ1v) is 5.32. The van der Waals surface area contributed by atoms with Crippen LogP contribution in [0.4, 0.5) is 5.82 Å². The van der Waals surface area contributed by atoms with Crippen LogP contribution in [0.3, 0.4) is 0 Å². The second-order valence-corrected chi connectivity index (χ2v) is 3.73. The molecule has 0 spiro atoms. The van der Waals surface area contributed by atoms with Crippen LogP contribution in [-0.2, 0) is 4.79 Å². The third kappa shape index (κ3) is 3.49. The maximum atomic E-state index is 10.7. The summed E-state index contributed by atoms with van der Waals surface area (Å²) >= 11 is 0. The number of carboxylic acid groups (broad SMARTS) is 1. The molecule has 0 amide bonds. The lowest BCUT2D eigenvalue weighted by atomic mass is 10.3. The summed E-state index contributed by atoms with van der Waals surface area (Å²) in [4.78, 5) is 20.9. The minimum Gasteiger partial charge on any atom is -0.480 e. The number of nitrogens with zero attached hydrogens (tertiary/aromatic N) is 3. The second kappa shape index (κ2) is 5.44. The Kier molecular flexibility index (Phi) is 4.22. The lowest BCUT2D eigenvalue weighted by Gasteiger charge is -2.21. The van der Waals surface area contributed by atoms with Gasteiger partial charge in [-0.25, -0.2) is 9.97 Å². The third-order valence-corrected chi connectivity index (χ3v) is 2.10. The minimum atomic E-state index is -0.845. The molecule has 0 saturated heterocycles. The summed E-state index contributed by atoms with van der Waals surface area (Å²) in [6, 6.07) is 1.81. The van der Waals surface area contributed by atoms with Gasteiger partial charge >= 0.3 is 5.97 Å². The Hall–Kier alpha value is -1.65. The predicted molar refractivity (Wildman–Crippen MR) is 61.6 cm³/mol. The molecule has 1 rings (SSSR count). The summed E-state index contributed by atoms with van der Waals surface area (Å²) in [7, 11) is 0. The van der Waals surface area contributed by atoms with Gasteiger partial charge in [-0.05, 0) is 20.3 Å². The van der Waals surface area contributed by atoms with Gasteiger partial charge in [0.05, 0.1) is 0 Å². The van der Waals surface area contributed by atoms with Crippen LogP contribution >= 0.6 is 0 Å². The Morgan fingerprint density at radius 3 is 2.62 bits per heavy atom. The summed E-state index contributed by atoms with van der Waals surface area (Å²) in [5, 5.41) is 8.83. The molecular weight excluding hydrogens is 206 g/mol. The molecule has 0 aliphatic heterocycles. The van der Waals surface area contributed by atoms with Gasteiger partial charge in [-0.15, -0.1) is 0 Å². The molecule has 1 N–H and O–H groups in total. The van der Waals surface area contributed by atoms with Crippen LogP contribution in [0.15, 0.2) is 6.07 Å². The van der Waals surface area contributed by atoms with Gasteiger partial charge in [0.1, 0.15) is 18.2 Å². The van der Waals surface area contributed by atoms with Crippen molar-refractivity contribution in [3.8, 4) is 0 Å². The maximum absolute atomic E-state index is 10.7. The number of rotatable bonds is 5. The average molecular weight is 223 g/mol. The fourth-order valence-electron chi connectivity index (χ4n) is 1.57. The highest BCUT2D eigenvalue weighted by Gasteiger charge is 2.12. The van der Waals surface area contributed by atoms with Gasteiger partial charge in [0.25, 0.3) is 0 Å². The molecule has 0 radical (unpaired) electrons. The van der Waals surface area contributed by atoms with Crippen LogP contribution in [0.5, 0.6) is 0 Å². The van der Waals surface area contributed by atoms with E-state index in [1.54, 1.807) is 11.8 Å². The van der Waals surface area contributed by atoms with E-state index in [2.05, 4.69) is 9.97 Å². The van der Waals surface area contributed by atoms with E-state index in [9.17, 15) is 4.79 Å². The highest BCUT2D eigenvalue weighted by molar-refractivity contribution is 5.73. The number of carbonyl (C=O) groups is 1. The lowest BCUT2D eigenvalue weighted by Crippen LogP contribution is -2.31. The van der Waals surface area contributed by atoms with Crippen molar-refractivity contribution in [2.24, 2.45) is 0 Å². The largest absolute Gasteiger partial charge is 0.480 e. The molecule has 0 fully saturated rings. The summed E-state index contributed by atoms with van der Waals surface area (Å²) in [6.45, 7) is 6.35. The zero-order chi connectivity index (χ0) is 12.1. The first-order valence-electron chi connectivity index (χ1n) is 5.32. The number of anilines is 1. The van der Waals surface area contributed by atoms with Crippen molar-refractivity contribution < 1.29 is 9.90 Å². The molecule has 0 atom stereocenters. The molecule has 0 aromatic carbocycles. The van der Waals surface area contributed by atoms with E-state index in [0.29, 0.717) is 18.2 Å². The lowest BCUT2D eigenvalue weighted by molar-refractivity contribution is -0.135. The minimum absolute atomic E-state index is 0.0241. The van der Waals surface area contributed by atoms with E-state index in [1.165, 1.54) is 0 Å². The molecule has 0 aliphatic rings. The van der Waals surface area contributed by atoms with Gasteiger partial charge in [0.2, 0.25) is 0 Å². The summed E-state index contributed by atoms with van der Waals surface area (Å²) < 4.78 is 0. The van der Waals surface area contributed by atoms with Gasteiger partial charge in [-0.1, -0.05) is 6.92 Å². The molecule has 88 valence electrons. The van der Waals surface area contributed by atoms with Crippen molar-refractivity contribution in [1.29, 1.82) is 0 Å². The molecule has 16 heavy (non-hydrogen) atoms. The van der Waals surface area contributed by atoms with Crippen LogP contribution in [0, 0.1) is 13.8 Å². The van der Waals surface area contributed by atoms with Crippen molar-refractivity contribution in [3.63, 3.8) is 0 Å². The highest BCUT2D eigenvalue weighted by Crippen LogP contribution is 2.12. The van der Waals surface area contributed by atoms with Crippen LogP contribution in [-0.4, -0.2) is 34.1 Å². The number of aryl methyl sites for hydroxylation is 2. The van der Waals surface area contributed by atoms with E-state index in [-0.39, 0.29) is 6.54 Å². The van der Waals surface area contributed by atoms with E-state index >= 15 is 0 Å². The summed E-state index contributed by atoms with van der Waals surface area (Å²) in [5.74, 6) is 0.512. The van der Waals surface area contributed by atoms with Gasteiger partial charge in [-0.2, -0.15) is 0 Å². The standard InChI is InChI=1S/C11H17N3O2/c1-4-5-14(7-11(15)16)10-6-8(2)12-9(3)13-10/h6H,4-5,7H2,1-3H3,(H,15,16).